The molecule has 2 aliphatic heterocycles. The lowest BCUT2D eigenvalue weighted by molar-refractivity contribution is -0.140. The summed E-state index contributed by atoms with van der Waals surface area (Å²) in [6, 6.07) is 5.68. The lowest BCUT2D eigenvalue weighted by Gasteiger charge is -2.50. The number of aliphatic hydroxyl groups is 1. The van der Waals surface area contributed by atoms with Crippen molar-refractivity contribution in [3.8, 4) is 5.75 Å². The van der Waals surface area contributed by atoms with Gasteiger partial charge in [0.05, 0.1) is 30.9 Å². The summed E-state index contributed by atoms with van der Waals surface area (Å²) in [5.41, 5.74) is -0.623. The van der Waals surface area contributed by atoms with E-state index in [1.165, 1.54) is 23.6 Å². The zero-order valence-electron chi connectivity index (χ0n) is 25.6. The molecule has 1 saturated heterocycles. The molecule has 1 aromatic rings. The first-order valence-corrected chi connectivity index (χ1v) is 15.3. The number of fused-ring (bicyclic) bond motifs is 2. The number of esters is 1. The van der Waals surface area contributed by atoms with Crippen LogP contribution in [-0.2, 0) is 19.0 Å². The van der Waals surface area contributed by atoms with Crippen molar-refractivity contribution < 1.29 is 38.4 Å². The van der Waals surface area contributed by atoms with Crippen LogP contribution in [0.1, 0.15) is 60.5 Å². The third-order valence-electron chi connectivity index (χ3n) is 7.08. The summed E-state index contributed by atoms with van der Waals surface area (Å²) in [6.45, 7) is 12.3. The van der Waals surface area contributed by atoms with E-state index in [1.54, 1.807) is 39.8 Å². The molecule has 0 aromatic heterocycles. The molecule has 1 fully saturated rings. The lowest BCUT2D eigenvalue weighted by Crippen LogP contribution is -2.66. The number of hydrogen-bond acceptors (Lipinski definition) is 8. The number of ether oxygens (including phenoxy) is 4. The number of alkyl halides is 3. The van der Waals surface area contributed by atoms with E-state index in [0.717, 1.165) is 5.56 Å². The van der Waals surface area contributed by atoms with E-state index >= 15 is 0 Å². The van der Waals surface area contributed by atoms with Crippen LogP contribution in [0.3, 0.4) is 0 Å². The van der Waals surface area contributed by atoms with E-state index in [9.17, 15) is 19.5 Å². The van der Waals surface area contributed by atoms with Gasteiger partial charge >= 0.3 is 18.2 Å². The standard InChI is InChI=1S/C30H41Cl3N2O8/c1-8-40-25(37)24-22(19-9-11-21(12-10-19)41-17-18(2)16-36)13-20-14-34(26(38)42-28(3,4)5)15-23(24)35(20)27(39)43-29(6,7)30(31,32)33/h9-12,18,20,23,36H,8,13-17H2,1-7H3/t18-,20-,23-/m0/s1. The second-order valence-electron chi connectivity index (χ2n) is 12.3. The summed E-state index contributed by atoms with van der Waals surface area (Å²) in [4.78, 5) is 43.4. The van der Waals surface area contributed by atoms with Crippen molar-refractivity contribution >= 4 is 58.5 Å². The Labute approximate surface area is 268 Å². The Hall–Kier alpha value is -2.40. The maximum absolute atomic E-state index is 13.7. The number of rotatable bonds is 8. The molecule has 10 nitrogen and oxygen atoms in total. The maximum atomic E-state index is 13.7. The normalized spacial score (nSPS) is 20.0. The molecule has 0 spiro atoms. The molecule has 0 unspecified atom stereocenters. The summed E-state index contributed by atoms with van der Waals surface area (Å²) in [7, 11) is 0. The van der Waals surface area contributed by atoms with Gasteiger partial charge in [-0.05, 0) is 71.2 Å². The van der Waals surface area contributed by atoms with Gasteiger partial charge in [-0.1, -0.05) is 53.9 Å². The molecule has 3 rings (SSSR count). The maximum Gasteiger partial charge on any atom is 0.411 e. The number of aliphatic hydroxyl groups excluding tert-OH is 1. The van der Waals surface area contributed by atoms with Crippen LogP contribution in [0.4, 0.5) is 9.59 Å². The van der Waals surface area contributed by atoms with Gasteiger partial charge < -0.3 is 29.0 Å². The van der Waals surface area contributed by atoms with Gasteiger partial charge in [-0.2, -0.15) is 0 Å². The molecule has 3 atom stereocenters. The fourth-order valence-electron chi connectivity index (χ4n) is 4.77. The van der Waals surface area contributed by atoms with Crippen molar-refractivity contribution in [1.82, 2.24) is 9.80 Å². The summed E-state index contributed by atoms with van der Waals surface area (Å²) in [6.07, 6.45) is -1.16. The molecule has 2 amide bonds. The number of amides is 2. The van der Waals surface area contributed by atoms with Gasteiger partial charge in [-0.25, -0.2) is 14.4 Å². The topological polar surface area (TPSA) is 115 Å². The van der Waals surface area contributed by atoms with Crippen LogP contribution in [-0.4, -0.2) is 93.1 Å². The Bertz CT molecular complexity index is 1210. The van der Waals surface area contributed by atoms with Gasteiger partial charge in [0.25, 0.3) is 0 Å². The summed E-state index contributed by atoms with van der Waals surface area (Å²) < 4.78 is 20.6. The summed E-state index contributed by atoms with van der Waals surface area (Å²) in [5.74, 6) is -0.0446. The summed E-state index contributed by atoms with van der Waals surface area (Å²) in [5, 5.41) is 9.28. The molecule has 240 valence electrons. The van der Waals surface area contributed by atoms with Gasteiger partial charge in [0.15, 0.2) is 5.60 Å². The van der Waals surface area contributed by atoms with E-state index < -0.39 is 45.2 Å². The smallest absolute Gasteiger partial charge is 0.411 e. The average Bonchev–Trinajstić information content (AvgIpc) is 2.89. The van der Waals surface area contributed by atoms with Crippen LogP contribution in [0.2, 0.25) is 0 Å². The molecule has 13 heteroatoms. The molecule has 2 bridgehead atoms. The van der Waals surface area contributed by atoms with E-state index in [-0.39, 0.29) is 44.2 Å². The van der Waals surface area contributed by atoms with Crippen molar-refractivity contribution in [2.45, 2.75) is 82.0 Å². The Morgan fingerprint density at radius 1 is 1.00 bits per heavy atom. The van der Waals surface area contributed by atoms with Crippen LogP contribution < -0.4 is 4.74 Å². The minimum atomic E-state index is -1.93. The molecule has 0 radical (unpaired) electrons. The average molecular weight is 664 g/mol. The first-order chi connectivity index (χ1) is 19.9. The van der Waals surface area contributed by atoms with Gasteiger partial charge in [-0.15, -0.1) is 0 Å². The third-order valence-corrected chi connectivity index (χ3v) is 8.45. The highest BCUT2D eigenvalue weighted by molar-refractivity contribution is 6.68. The zero-order valence-corrected chi connectivity index (χ0v) is 27.9. The number of carbonyl (C=O) groups excluding carboxylic acids is 3. The largest absolute Gasteiger partial charge is 0.493 e. The number of benzene rings is 1. The van der Waals surface area contributed by atoms with Gasteiger partial charge in [0.1, 0.15) is 11.4 Å². The SMILES string of the molecule is CCOC(=O)C1=C(c2ccc(OC[C@@H](C)CO)cc2)C[C@H]2CN(C(=O)OC(C)(C)C)C[C@@H]1N2C(=O)OC(C)(C)C(Cl)(Cl)Cl. The Morgan fingerprint density at radius 3 is 2.16 bits per heavy atom. The van der Waals surface area contributed by atoms with Gasteiger partial charge in [0.2, 0.25) is 3.79 Å². The third kappa shape index (κ3) is 8.62. The lowest BCUT2D eigenvalue weighted by atomic mass is 9.82. The second kappa shape index (κ2) is 13.7. The highest BCUT2D eigenvalue weighted by Gasteiger charge is 2.52. The molecule has 1 N–H and O–H groups in total. The minimum absolute atomic E-state index is 0.00867. The van der Waals surface area contributed by atoms with Crippen molar-refractivity contribution in [3.63, 3.8) is 0 Å². The van der Waals surface area contributed by atoms with Crippen LogP contribution in [0.15, 0.2) is 29.8 Å². The van der Waals surface area contributed by atoms with E-state index in [0.29, 0.717) is 17.9 Å². The van der Waals surface area contributed by atoms with Crippen LogP contribution in [0.5, 0.6) is 5.75 Å². The Morgan fingerprint density at radius 2 is 1.63 bits per heavy atom. The minimum Gasteiger partial charge on any atom is -0.493 e. The van der Waals surface area contributed by atoms with Crippen molar-refractivity contribution in [1.29, 1.82) is 0 Å². The first-order valence-electron chi connectivity index (χ1n) is 14.2. The van der Waals surface area contributed by atoms with Crippen molar-refractivity contribution in [2.75, 3.05) is 32.9 Å². The molecule has 2 aliphatic rings. The van der Waals surface area contributed by atoms with Crippen LogP contribution >= 0.6 is 34.8 Å². The fraction of sp³-hybridized carbons (Fsp3) is 0.633. The highest BCUT2D eigenvalue weighted by atomic mass is 35.6. The van der Waals surface area contributed by atoms with Crippen molar-refractivity contribution in [3.05, 3.63) is 35.4 Å². The van der Waals surface area contributed by atoms with Crippen molar-refractivity contribution in [2.24, 2.45) is 5.92 Å². The predicted octanol–water partition coefficient (Wildman–Crippen LogP) is 5.99. The molecule has 0 aliphatic carbocycles. The molecular weight excluding hydrogens is 623 g/mol. The summed E-state index contributed by atoms with van der Waals surface area (Å²) >= 11 is 18.3. The Balaban J connectivity index is 2.08. The molecule has 1 aromatic carbocycles. The highest BCUT2D eigenvalue weighted by Crippen LogP contribution is 2.43. The second-order valence-corrected chi connectivity index (χ2v) is 14.6. The number of hydrogen-bond donors (Lipinski definition) is 1. The van der Waals surface area contributed by atoms with Crippen LogP contribution in [0.25, 0.3) is 5.57 Å². The molecule has 0 saturated carbocycles. The number of piperazine rings is 1. The number of halogens is 3. The predicted molar refractivity (Wildman–Crippen MR) is 164 cm³/mol. The number of carbonyl (C=O) groups is 3. The monoisotopic (exact) mass is 662 g/mol. The van der Waals surface area contributed by atoms with Crippen LogP contribution in [0, 0.1) is 5.92 Å². The van der Waals surface area contributed by atoms with Gasteiger partial charge in [0, 0.05) is 25.6 Å². The zero-order chi connectivity index (χ0) is 32.3. The van der Waals surface area contributed by atoms with E-state index in [2.05, 4.69) is 0 Å². The Kier molecular flexibility index (Phi) is 11.2. The number of nitrogens with zero attached hydrogens (tertiary/aromatic N) is 2. The molecular formula is C30H41Cl3N2O8. The first kappa shape index (κ1) is 35.1. The fourth-order valence-corrected chi connectivity index (χ4v) is 4.89. The van der Waals surface area contributed by atoms with E-state index in [1.807, 2.05) is 19.1 Å². The quantitative estimate of drug-likeness (QED) is 0.205. The molecule has 43 heavy (non-hydrogen) atoms. The molecule has 2 heterocycles. The van der Waals surface area contributed by atoms with E-state index in [4.69, 9.17) is 53.8 Å². The van der Waals surface area contributed by atoms with Gasteiger partial charge in [-0.3, -0.25) is 4.90 Å².